The number of sulfonamides is 1. The quantitative estimate of drug-likeness (QED) is 0.861. The van der Waals surface area contributed by atoms with Gasteiger partial charge in [0.2, 0.25) is 15.9 Å². The highest BCUT2D eigenvalue weighted by Crippen LogP contribution is 2.43. The van der Waals surface area contributed by atoms with Gasteiger partial charge in [-0.1, -0.05) is 48.5 Å². The maximum absolute atomic E-state index is 13.1. The number of anilines is 1. The van der Waals surface area contributed by atoms with Gasteiger partial charge in [0, 0.05) is 6.54 Å². The van der Waals surface area contributed by atoms with Crippen molar-refractivity contribution >= 4 is 21.6 Å². The summed E-state index contributed by atoms with van der Waals surface area (Å²) in [6, 6.07) is 17.2. The summed E-state index contributed by atoms with van der Waals surface area (Å²) < 4.78 is 25.6. The van der Waals surface area contributed by atoms with Gasteiger partial charge in [0.05, 0.1) is 23.9 Å². The van der Waals surface area contributed by atoms with Crippen molar-refractivity contribution in [3.05, 3.63) is 65.7 Å². The largest absolute Gasteiger partial charge is 0.349 e. The molecular weight excluding hydrogens is 360 g/mol. The number of benzene rings is 2. The minimum absolute atomic E-state index is 0.0382. The number of hydrogen-bond donors (Lipinski definition) is 1. The van der Waals surface area contributed by atoms with E-state index in [1.54, 1.807) is 0 Å². The van der Waals surface area contributed by atoms with Crippen molar-refractivity contribution in [1.82, 2.24) is 5.32 Å². The monoisotopic (exact) mass is 384 g/mol. The van der Waals surface area contributed by atoms with Crippen LogP contribution in [0.1, 0.15) is 42.3 Å². The number of para-hydroxylation sites is 1. The highest BCUT2D eigenvalue weighted by atomic mass is 32.2. The van der Waals surface area contributed by atoms with E-state index in [0.29, 0.717) is 24.6 Å². The topological polar surface area (TPSA) is 66.5 Å². The van der Waals surface area contributed by atoms with Gasteiger partial charge >= 0.3 is 0 Å². The van der Waals surface area contributed by atoms with E-state index in [4.69, 9.17) is 0 Å². The number of fused-ring (bicyclic) bond motifs is 1. The maximum Gasteiger partial charge on any atom is 0.232 e. The van der Waals surface area contributed by atoms with E-state index >= 15 is 0 Å². The molecule has 5 nitrogen and oxygen atoms in total. The summed E-state index contributed by atoms with van der Waals surface area (Å²) in [6.07, 6.45) is 3.95. The minimum atomic E-state index is -3.33. The number of hydrogen-bond acceptors (Lipinski definition) is 3. The van der Waals surface area contributed by atoms with E-state index in [0.717, 1.165) is 24.0 Å². The Morgan fingerprint density at radius 1 is 1.04 bits per heavy atom. The Morgan fingerprint density at radius 2 is 1.70 bits per heavy atom. The molecule has 27 heavy (non-hydrogen) atoms. The molecule has 2 aromatic rings. The molecule has 0 radical (unpaired) electrons. The Morgan fingerprint density at radius 3 is 2.37 bits per heavy atom. The predicted octanol–water partition coefficient (Wildman–Crippen LogP) is 3.21. The lowest BCUT2D eigenvalue weighted by Crippen LogP contribution is -2.42. The summed E-state index contributed by atoms with van der Waals surface area (Å²) in [5, 5.41) is 3.21. The molecule has 0 saturated heterocycles. The van der Waals surface area contributed by atoms with Crippen molar-refractivity contribution in [3.8, 4) is 0 Å². The van der Waals surface area contributed by atoms with Gasteiger partial charge in [-0.25, -0.2) is 8.42 Å². The second kappa shape index (κ2) is 7.00. The summed E-state index contributed by atoms with van der Waals surface area (Å²) in [7, 11) is -3.33. The number of rotatable bonds is 5. The van der Waals surface area contributed by atoms with Gasteiger partial charge in [0.1, 0.15) is 0 Å². The fourth-order valence-corrected chi connectivity index (χ4v) is 4.98. The lowest BCUT2D eigenvalue weighted by Gasteiger charge is -2.35. The van der Waals surface area contributed by atoms with Crippen LogP contribution in [0.4, 0.5) is 5.69 Å². The second-order valence-electron chi connectivity index (χ2n) is 7.47. The molecule has 4 rings (SSSR count). The van der Waals surface area contributed by atoms with Gasteiger partial charge in [-0.15, -0.1) is 0 Å². The second-order valence-corrected chi connectivity index (χ2v) is 9.38. The fraction of sp³-hybridized carbons (Fsp3) is 0.381. The Balaban J connectivity index is 1.60. The lowest BCUT2D eigenvalue weighted by atomic mass is 9.91. The smallest absolute Gasteiger partial charge is 0.232 e. The van der Waals surface area contributed by atoms with Crippen molar-refractivity contribution in [2.24, 2.45) is 5.92 Å². The molecule has 1 saturated carbocycles. The molecule has 142 valence electrons. The first kappa shape index (κ1) is 18.0. The molecule has 2 unspecified atom stereocenters. The van der Waals surface area contributed by atoms with E-state index in [2.05, 4.69) is 5.32 Å². The van der Waals surface area contributed by atoms with Crippen LogP contribution in [0.25, 0.3) is 0 Å². The first-order valence-electron chi connectivity index (χ1n) is 9.37. The normalized spacial score (nSPS) is 20.6. The SMILES string of the molecule is CS(=O)(=O)N1CCC(NC(=O)C(c2ccccc2)C2CC2)c2ccccc21. The van der Waals surface area contributed by atoms with E-state index in [1.165, 1.54) is 10.6 Å². The lowest BCUT2D eigenvalue weighted by molar-refractivity contribution is -0.123. The third kappa shape index (κ3) is 3.72. The molecule has 0 bridgehead atoms. The van der Waals surface area contributed by atoms with Gasteiger partial charge in [0.25, 0.3) is 0 Å². The average molecular weight is 385 g/mol. The molecule has 1 aliphatic heterocycles. The molecule has 1 N–H and O–H groups in total. The highest BCUT2D eigenvalue weighted by Gasteiger charge is 2.39. The van der Waals surface area contributed by atoms with Gasteiger partial charge < -0.3 is 5.32 Å². The third-order valence-electron chi connectivity index (χ3n) is 5.45. The van der Waals surface area contributed by atoms with E-state index in [9.17, 15) is 13.2 Å². The van der Waals surface area contributed by atoms with Gasteiger partial charge in [-0.3, -0.25) is 9.10 Å². The molecule has 6 heteroatoms. The van der Waals surface area contributed by atoms with Crippen molar-refractivity contribution < 1.29 is 13.2 Å². The Bertz CT molecular complexity index is 939. The van der Waals surface area contributed by atoms with Crippen LogP contribution in [-0.4, -0.2) is 27.1 Å². The molecule has 2 aromatic carbocycles. The van der Waals surface area contributed by atoms with Crippen molar-refractivity contribution in [1.29, 1.82) is 0 Å². The summed E-state index contributed by atoms with van der Waals surface area (Å²) in [5.41, 5.74) is 2.59. The molecule has 2 aliphatic rings. The Labute approximate surface area is 160 Å². The van der Waals surface area contributed by atoms with Gasteiger partial charge in [-0.05, 0) is 42.4 Å². The summed E-state index contributed by atoms with van der Waals surface area (Å²) >= 11 is 0. The maximum atomic E-state index is 13.1. The molecule has 2 atom stereocenters. The van der Waals surface area contributed by atoms with Crippen LogP contribution in [-0.2, 0) is 14.8 Å². The molecule has 0 spiro atoms. The van der Waals surface area contributed by atoms with Gasteiger partial charge in [-0.2, -0.15) is 0 Å². The number of nitrogens with zero attached hydrogens (tertiary/aromatic N) is 1. The Kier molecular flexibility index (Phi) is 4.68. The highest BCUT2D eigenvalue weighted by molar-refractivity contribution is 7.92. The summed E-state index contributed by atoms with van der Waals surface area (Å²) in [6.45, 7) is 0.375. The van der Waals surface area contributed by atoms with Crippen molar-refractivity contribution in [2.45, 2.75) is 31.2 Å². The van der Waals surface area contributed by atoms with Crippen LogP contribution in [0.5, 0.6) is 0 Å². The summed E-state index contributed by atoms with van der Waals surface area (Å²) in [4.78, 5) is 13.1. The molecule has 0 aromatic heterocycles. The summed E-state index contributed by atoms with van der Waals surface area (Å²) in [5.74, 6) is 0.307. The number of carbonyl (C=O) groups excluding carboxylic acids is 1. The molecule has 1 amide bonds. The predicted molar refractivity (Wildman–Crippen MR) is 106 cm³/mol. The molecule has 1 fully saturated rings. The van der Waals surface area contributed by atoms with E-state index < -0.39 is 10.0 Å². The number of amides is 1. The zero-order valence-electron chi connectivity index (χ0n) is 15.3. The molecule has 1 aliphatic carbocycles. The number of nitrogens with one attached hydrogen (secondary N) is 1. The standard InChI is InChI=1S/C21H24N2O3S/c1-27(25,26)23-14-13-18(17-9-5-6-10-19(17)23)22-21(24)20(16-11-12-16)15-7-3-2-4-8-15/h2-10,16,18,20H,11-14H2,1H3,(H,22,24). The minimum Gasteiger partial charge on any atom is -0.349 e. The van der Waals surface area contributed by atoms with Crippen molar-refractivity contribution in [2.75, 3.05) is 17.1 Å². The fourth-order valence-electron chi connectivity index (χ4n) is 4.02. The zero-order valence-corrected chi connectivity index (χ0v) is 16.2. The van der Waals surface area contributed by atoms with Crippen LogP contribution in [0.15, 0.2) is 54.6 Å². The molecular formula is C21H24N2O3S. The van der Waals surface area contributed by atoms with Gasteiger partial charge in [0.15, 0.2) is 0 Å². The van der Waals surface area contributed by atoms with Crippen LogP contribution < -0.4 is 9.62 Å². The van der Waals surface area contributed by atoms with Crippen LogP contribution in [0, 0.1) is 5.92 Å². The first-order valence-corrected chi connectivity index (χ1v) is 11.2. The van der Waals surface area contributed by atoms with E-state index in [-0.39, 0.29) is 17.9 Å². The van der Waals surface area contributed by atoms with Crippen LogP contribution in [0.2, 0.25) is 0 Å². The number of carbonyl (C=O) groups is 1. The molecule has 1 heterocycles. The average Bonchev–Trinajstić information content (AvgIpc) is 3.47. The van der Waals surface area contributed by atoms with E-state index in [1.807, 2.05) is 54.6 Å². The van der Waals surface area contributed by atoms with Crippen LogP contribution in [0.3, 0.4) is 0 Å². The Hall–Kier alpha value is -2.34. The third-order valence-corrected chi connectivity index (χ3v) is 6.63. The zero-order chi connectivity index (χ0) is 19.0. The van der Waals surface area contributed by atoms with Crippen molar-refractivity contribution in [3.63, 3.8) is 0 Å². The van der Waals surface area contributed by atoms with Crippen LogP contribution >= 0.6 is 0 Å². The first-order chi connectivity index (χ1) is 12.9.